The van der Waals surface area contributed by atoms with E-state index in [-0.39, 0.29) is 6.54 Å². The number of aliphatic hydroxyl groups is 1. The van der Waals surface area contributed by atoms with Gasteiger partial charge in [0.15, 0.2) is 0 Å². The summed E-state index contributed by atoms with van der Waals surface area (Å²) in [4.78, 5) is 4.06. The third kappa shape index (κ3) is 2.30. The SMILES string of the molecule is CCCC(O)(CN)c1cncc(C)c1. The molecule has 1 aromatic rings. The molecule has 0 aliphatic heterocycles. The van der Waals surface area contributed by atoms with Crippen LogP contribution < -0.4 is 5.73 Å². The lowest BCUT2D eigenvalue weighted by Crippen LogP contribution is -2.34. The first kappa shape index (κ1) is 11.1. The molecule has 0 aliphatic carbocycles. The third-order valence-corrected chi connectivity index (χ3v) is 2.41. The Morgan fingerprint density at radius 3 is 2.71 bits per heavy atom. The van der Waals surface area contributed by atoms with Crippen molar-refractivity contribution in [2.45, 2.75) is 32.3 Å². The van der Waals surface area contributed by atoms with Crippen molar-refractivity contribution >= 4 is 0 Å². The summed E-state index contributed by atoms with van der Waals surface area (Å²) >= 11 is 0. The Bertz CT molecular complexity index is 301. The quantitative estimate of drug-likeness (QED) is 0.760. The number of pyridine rings is 1. The molecule has 0 aliphatic rings. The fraction of sp³-hybridized carbons (Fsp3) is 0.545. The number of hydrogen-bond acceptors (Lipinski definition) is 3. The Hall–Kier alpha value is -0.930. The molecule has 1 rings (SSSR count). The fourth-order valence-electron chi connectivity index (χ4n) is 1.59. The van der Waals surface area contributed by atoms with Crippen molar-refractivity contribution in [2.75, 3.05) is 6.54 Å². The van der Waals surface area contributed by atoms with E-state index in [4.69, 9.17) is 5.73 Å². The summed E-state index contributed by atoms with van der Waals surface area (Å²) in [5.41, 5.74) is 6.56. The van der Waals surface area contributed by atoms with Crippen LogP contribution in [0.5, 0.6) is 0 Å². The number of nitrogens with two attached hydrogens (primary N) is 1. The van der Waals surface area contributed by atoms with Crippen LogP contribution in [0, 0.1) is 6.92 Å². The van der Waals surface area contributed by atoms with Crippen LogP contribution >= 0.6 is 0 Å². The van der Waals surface area contributed by atoms with E-state index in [0.29, 0.717) is 6.42 Å². The average molecular weight is 194 g/mol. The van der Waals surface area contributed by atoms with Crippen LogP contribution in [0.25, 0.3) is 0 Å². The van der Waals surface area contributed by atoms with Crippen LogP contribution in [0.3, 0.4) is 0 Å². The lowest BCUT2D eigenvalue weighted by molar-refractivity contribution is 0.0355. The third-order valence-electron chi connectivity index (χ3n) is 2.41. The van der Waals surface area contributed by atoms with E-state index in [0.717, 1.165) is 17.5 Å². The summed E-state index contributed by atoms with van der Waals surface area (Å²) in [7, 11) is 0. The summed E-state index contributed by atoms with van der Waals surface area (Å²) < 4.78 is 0. The molecule has 0 saturated heterocycles. The fourth-order valence-corrected chi connectivity index (χ4v) is 1.59. The van der Waals surface area contributed by atoms with Crippen molar-refractivity contribution in [1.82, 2.24) is 4.98 Å². The molecule has 1 heterocycles. The molecule has 0 radical (unpaired) electrons. The van der Waals surface area contributed by atoms with Gasteiger partial charge in [-0.05, 0) is 18.9 Å². The molecule has 1 aromatic heterocycles. The summed E-state index contributed by atoms with van der Waals surface area (Å²) in [5, 5.41) is 10.3. The maximum Gasteiger partial charge on any atom is 0.103 e. The molecular formula is C11H18N2O. The maximum absolute atomic E-state index is 10.3. The van der Waals surface area contributed by atoms with Crippen LogP contribution in [-0.2, 0) is 5.60 Å². The number of rotatable bonds is 4. The van der Waals surface area contributed by atoms with Gasteiger partial charge >= 0.3 is 0 Å². The first-order chi connectivity index (χ1) is 6.62. The first-order valence-corrected chi connectivity index (χ1v) is 4.97. The standard InChI is InChI=1S/C11H18N2O/c1-3-4-11(14,8-12)10-5-9(2)6-13-7-10/h5-7,14H,3-4,8,12H2,1-2H3. The molecule has 78 valence electrons. The average Bonchev–Trinajstić information content (AvgIpc) is 2.18. The van der Waals surface area contributed by atoms with Crippen LogP contribution in [0.2, 0.25) is 0 Å². The highest BCUT2D eigenvalue weighted by Crippen LogP contribution is 2.25. The van der Waals surface area contributed by atoms with E-state index in [1.54, 1.807) is 12.4 Å². The summed E-state index contributed by atoms with van der Waals surface area (Å²) in [6.07, 6.45) is 5.04. The molecule has 1 atom stereocenters. The summed E-state index contributed by atoms with van der Waals surface area (Å²) in [6.45, 7) is 4.23. The molecule has 0 bridgehead atoms. The van der Waals surface area contributed by atoms with Crippen LogP contribution in [-0.4, -0.2) is 16.6 Å². The number of aromatic nitrogens is 1. The largest absolute Gasteiger partial charge is 0.384 e. The highest BCUT2D eigenvalue weighted by atomic mass is 16.3. The smallest absolute Gasteiger partial charge is 0.103 e. The number of aryl methyl sites for hydroxylation is 1. The number of nitrogens with zero attached hydrogens (tertiary/aromatic N) is 1. The Morgan fingerprint density at radius 1 is 1.50 bits per heavy atom. The molecule has 14 heavy (non-hydrogen) atoms. The van der Waals surface area contributed by atoms with Gasteiger partial charge in [-0.1, -0.05) is 19.4 Å². The monoisotopic (exact) mass is 194 g/mol. The van der Waals surface area contributed by atoms with E-state index < -0.39 is 5.60 Å². The van der Waals surface area contributed by atoms with Crippen molar-refractivity contribution in [3.8, 4) is 0 Å². The second-order valence-corrected chi connectivity index (χ2v) is 3.74. The van der Waals surface area contributed by atoms with Crippen molar-refractivity contribution < 1.29 is 5.11 Å². The van der Waals surface area contributed by atoms with Crippen LogP contribution in [0.4, 0.5) is 0 Å². The van der Waals surface area contributed by atoms with Gasteiger partial charge in [-0.2, -0.15) is 0 Å². The van der Waals surface area contributed by atoms with Gasteiger partial charge in [0.2, 0.25) is 0 Å². The van der Waals surface area contributed by atoms with Gasteiger partial charge in [0.05, 0.1) is 0 Å². The maximum atomic E-state index is 10.3. The second-order valence-electron chi connectivity index (χ2n) is 3.74. The summed E-state index contributed by atoms with van der Waals surface area (Å²) in [6, 6.07) is 1.94. The summed E-state index contributed by atoms with van der Waals surface area (Å²) in [5.74, 6) is 0. The van der Waals surface area contributed by atoms with Gasteiger partial charge in [0.1, 0.15) is 5.60 Å². The van der Waals surface area contributed by atoms with Gasteiger partial charge in [-0.25, -0.2) is 0 Å². The predicted molar refractivity (Wildman–Crippen MR) is 56.8 cm³/mol. The molecule has 0 saturated carbocycles. The van der Waals surface area contributed by atoms with Gasteiger partial charge in [-0.3, -0.25) is 4.98 Å². The van der Waals surface area contributed by atoms with Crippen molar-refractivity contribution in [1.29, 1.82) is 0 Å². The Labute approximate surface area is 85.0 Å². The topological polar surface area (TPSA) is 59.1 Å². The van der Waals surface area contributed by atoms with E-state index in [2.05, 4.69) is 4.98 Å². The van der Waals surface area contributed by atoms with Gasteiger partial charge in [0.25, 0.3) is 0 Å². The van der Waals surface area contributed by atoms with E-state index in [1.165, 1.54) is 0 Å². The van der Waals surface area contributed by atoms with Crippen molar-refractivity contribution in [3.63, 3.8) is 0 Å². The van der Waals surface area contributed by atoms with Crippen LogP contribution in [0.1, 0.15) is 30.9 Å². The molecule has 3 heteroatoms. The zero-order chi connectivity index (χ0) is 10.6. The van der Waals surface area contributed by atoms with Gasteiger partial charge < -0.3 is 10.8 Å². The molecule has 0 spiro atoms. The van der Waals surface area contributed by atoms with E-state index in [1.807, 2.05) is 19.9 Å². The minimum absolute atomic E-state index is 0.242. The molecular weight excluding hydrogens is 176 g/mol. The minimum Gasteiger partial charge on any atom is -0.384 e. The van der Waals surface area contributed by atoms with Gasteiger partial charge in [-0.15, -0.1) is 0 Å². The van der Waals surface area contributed by atoms with E-state index in [9.17, 15) is 5.11 Å². The van der Waals surface area contributed by atoms with Gasteiger partial charge in [0, 0.05) is 24.5 Å². The molecule has 1 unspecified atom stereocenters. The Morgan fingerprint density at radius 2 is 2.21 bits per heavy atom. The zero-order valence-electron chi connectivity index (χ0n) is 8.83. The highest BCUT2D eigenvalue weighted by molar-refractivity contribution is 5.23. The van der Waals surface area contributed by atoms with Crippen molar-refractivity contribution in [3.05, 3.63) is 29.6 Å². The Balaban J connectivity index is 2.99. The first-order valence-electron chi connectivity index (χ1n) is 4.97. The van der Waals surface area contributed by atoms with Crippen LogP contribution in [0.15, 0.2) is 18.5 Å². The molecule has 0 amide bonds. The number of hydrogen-bond donors (Lipinski definition) is 2. The molecule has 3 N–H and O–H groups in total. The zero-order valence-corrected chi connectivity index (χ0v) is 8.83. The van der Waals surface area contributed by atoms with E-state index >= 15 is 0 Å². The lowest BCUT2D eigenvalue weighted by Gasteiger charge is -2.26. The minimum atomic E-state index is -0.909. The normalized spacial score (nSPS) is 15.1. The molecule has 0 aromatic carbocycles. The molecule has 3 nitrogen and oxygen atoms in total. The molecule has 0 fully saturated rings. The Kier molecular flexibility index (Phi) is 3.61. The second kappa shape index (κ2) is 4.53. The predicted octanol–water partition coefficient (Wildman–Crippen LogP) is 1.34. The lowest BCUT2D eigenvalue weighted by atomic mass is 9.90. The van der Waals surface area contributed by atoms with Crippen molar-refractivity contribution in [2.24, 2.45) is 5.73 Å². The highest BCUT2D eigenvalue weighted by Gasteiger charge is 2.26.